The number of likely N-dealkylation sites (N-methyl/N-ethyl adjacent to an activating group) is 1. The highest BCUT2D eigenvalue weighted by atomic mass is 127. The Morgan fingerprint density at radius 3 is 2.33 bits per heavy atom. The fourth-order valence-corrected chi connectivity index (χ4v) is 0.646. The molecule has 0 aromatic heterocycles. The molecule has 0 N–H and O–H groups in total. The summed E-state index contributed by atoms with van der Waals surface area (Å²) in [6.07, 6.45) is 0. The highest BCUT2D eigenvalue weighted by Gasteiger charge is 2.09. The number of hydrogen-bond donors (Lipinski definition) is 0. The molecule has 0 fully saturated rings. The highest BCUT2D eigenvalue weighted by Crippen LogP contribution is 2.03. The van der Waals surface area contributed by atoms with E-state index in [0.717, 1.165) is 11.0 Å². The van der Waals surface area contributed by atoms with Crippen LogP contribution in [0.3, 0.4) is 0 Å². The number of hydrogen-bond acceptors (Lipinski definition) is 2. The molecule has 0 spiro atoms. The molecular formula is C8H15INO2+. The van der Waals surface area contributed by atoms with E-state index in [1.165, 1.54) is 0 Å². The fourth-order valence-electron chi connectivity index (χ4n) is 0.491. The molecule has 0 saturated carbocycles. The van der Waals surface area contributed by atoms with Gasteiger partial charge < -0.3 is 9.22 Å². The van der Waals surface area contributed by atoms with Crippen molar-refractivity contribution in [3.63, 3.8) is 0 Å². The lowest BCUT2D eigenvalue weighted by molar-refractivity contribution is -0.870. The van der Waals surface area contributed by atoms with Crippen molar-refractivity contribution in [2.75, 3.05) is 34.3 Å². The molecule has 0 aliphatic carbocycles. The first-order valence-electron chi connectivity index (χ1n) is 3.65. The van der Waals surface area contributed by atoms with Crippen molar-refractivity contribution in [3.8, 4) is 0 Å². The van der Waals surface area contributed by atoms with Crippen LogP contribution in [0.25, 0.3) is 0 Å². The zero-order valence-corrected chi connectivity index (χ0v) is 9.92. The summed E-state index contributed by atoms with van der Waals surface area (Å²) in [6.45, 7) is 4.74. The van der Waals surface area contributed by atoms with Gasteiger partial charge in [0.05, 0.1) is 24.7 Å². The van der Waals surface area contributed by atoms with Gasteiger partial charge in [0.25, 0.3) is 0 Å². The normalized spacial score (nSPS) is 11.0. The standard InChI is InChI=1S/C8H15INO2/c1-7(9)8(11)12-6-5-10(2,3)4/h1,5-6H2,2-4H3/q+1. The second-order valence-electron chi connectivity index (χ2n) is 3.55. The molecule has 0 aliphatic rings. The summed E-state index contributed by atoms with van der Waals surface area (Å²) in [5.41, 5.74) is 0. The van der Waals surface area contributed by atoms with E-state index in [2.05, 4.69) is 6.58 Å². The average Bonchev–Trinajstić information content (AvgIpc) is 1.84. The number of halogens is 1. The van der Waals surface area contributed by atoms with Crippen molar-refractivity contribution in [1.29, 1.82) is 0 Å². The van der Waals surface area contributed by atoms with Gasteiger partial charge in [-0.05, 0) is 22.6 Å². The van der Waals surface area contributed by atoms with E-state index >= 15 is 0 Å². The van der Waals surface area contributed by atoms with Gasteiger partial charge in [0, 0.05) is 0 Å². The van der Waals surface area contributed by atoms with Gasteiger partial charge in [0.15, 0.2) is 0 Å². The molecule has 0 saturated heterocycles. The third kappa shape index (κ3) is 6.60. The number of rotatable bonds is 4. The fraction of sp³-hybridized carbons (Fsp3) is 0.625. The van der Waals surface area contributed by atoms with Gasteiger partial charge >= 0.3 is 5.97 Å². The third-order valence-electron chi connectivity index (χ3n) is 1.22. The predicted octanol–water partition coefficient (Wildman–Crippen LogP) is 1.18. The van der Waals surface area contributed by atoms with Gasteiger partial charge in [0.2, 0.25) is 0 Å². The van der Waals surface area contributed by atoms with E-state index in [0.29, 0.717) is 10.2 Å². The number of ether oxygens (including phenoxy) is 1. The Morgan fingerprint density at radius 2 is 2.00 bits per heavy atom. The second-order valence-corrected chi connectivity index (χ2v) is 4.86. The number of nitrogens with zero attached hydrogens (tertiary/aromatic N) is 1. The smallest absolute Gasteiger partial charge is 0.343 e. The van der Waals surface area contributed by atoms with Crippen LogP contribution in [0, 0.1) is 0 Å². The first kappa shape index (κ1) is 11.9. The van der Waals surface area contributed by atoms with Gasteiger partial charge in [0.1, 0.15) is 13.2 Å². The summed E-state index contributed by atoms with van der Waals surface area (Å²) in [5.74, 6) is -0.316. The van der Waals surface area contributed by atoms with Crippen molar-refractivity contribution in [3.05, 3.63) is 10.2 Å². The Morgan fingerprint density at radius 1 is 1.50 bits per heavy atom. The van der Waals surface area contributed by atoms with Crippen LogP contribution < -0.4 is 0 Å². The van der Waals surface area contributed by atoms with E-state index in [1.54, 1.807) is 0 Å². The van der Waals surface area contributed by atoms with E-state index in [1.807, 2.05) is 43.7 Å². The van der Waals surface area contributed by atoms with Crippen LogP contribution in [0.5, 0.6) is 0 Å². The molecule has 0 aromatic carbocycles. The zero-order valence-electron chi connectivity index (χ0n) is 7.76. The molecule has 0 radical (unpaired) electrons. The molecule has 3 nitrogen and oxygen atoms in total. The van der Waals surface area contributed by atoms with Crippen LogP contribution in [0.15, 0.2) is 10.2 Å². The molecule has 0 aliphatic heterocycles. The van der Waals surface area contributed by atoms with Gasteiger partial charge in [-0.25, -0.2) is 4.79 Å². The summed E-state index contributed by atoms with van der Waals surface area (Å²) in [4.78, 5) is 10.9. The monoisotopic (exact) mass is 284 g/mol. The number of carbonyl (C=O) groups is 1. The van der Waals surface area contributed by atoms with E-state index in [-0.39, 0.29) is 5.97 Å². The summed E-state index contributed by atoms with van der Waals surface area (Å²) in [6, 6.07) is 0. The minimum atomic E-state index is -0.316. The first-order chi connectivity index (χ1) is 5.33. The largest absolute Gasteiger partial charge is 0.456 e. The van der Waals surface area contributed by atoms with Crippen molar-refractivity contribution in [2.24, 2.45) is 0 Å². The number of esters is 1. The van der Waals surface area contributed by atoms with Crippen LogP contribution in [-0.4, -0.2) is 44.7 Å². The van der Waals surface area contributed by atoms with Crippen LogP contribution >= 0.6 is 22.6 Å². The molecule has 0 heterocycles. The lowest BCUT2D eigenvalue weighted by Crippen LogP contribution is -2.38. The molecule has 12 heavy (non-hydrogen) atoms. The summed E-state index contributed by atoms with van der Waals surface area (Å²) < 4.78 is 6.14. The second kappa shape index (κ2) is 4.81. The molecule has 0 amide bonds. The van der Waals surface area contributed by atoms with E-state index in [4.69, 9.17) is 4.74 Å². The maximum atomic E-state index is 10.9. The molecule has 4 heteroatoms. The van der Waals surface area contributed by atoms with Crippen molar-refractivity contribution < 1.29 is 14.0 Å². The summed E-state index contributed by atoms with van der Waals surface area (Å²) in [7, 11) is 6.14. The number of carbonyl (C=O) groups excluding carboxylic acids is 1. The SMILES string of the molecule is C=C(I)C(=O)OCC[N+](C)(C)C. The summed E-state index contributed by atoms with van der Waals surface area (Å²) >= 11 is 1.85. The molecule has 0 unspecified atom stereocenters. The maximum Gasteiger partial charge on any atom is 0.343 e. The average molecular weight is 284 g/mol. The van der Waals surface area contributed by atoms with Gasteiger partial charge in [-0.2, -0.15) is 0 Å². The van der Waals surface area contributed by atoms with Crippen LogP contribution in [0.1, 0.15) is 0 Å². The third-order valence-corrected chi connectivity index (χ3v) is 1.66. The highest BCUT2D eigenvalue weighted by molar-refractivity contribution is 14.1. The Kier molecular flexibility index (Phi) is 4.77. The molecular weight excluding hydrogens is 269 g/mol. The van der Waals surface area contributed by atoms with Crippen LogP contribution in [0.4, 0.5) is 0 Å². The van der Waals surface area contributed by atoms with E-state index < -0.39 is 0 Å². The zero-order chi connectivity index (χ0) is 9.78. The van der Waals surface area contributed by atoms with Gasteiger partial charge in [-0.1, -0.05) is 6.58 Å². The first-order valence-corrected chi connectivity index (χ1v) is 4.73. The minimum absolute atomic E-state index is 0.316. The van der Waals surface area contributed by atoms with Gasteiger partial charge in [-0.15, -0.1) is 0 Å². The van der Waals surface area contributed by atoms with Crippen LogP contribution in [0.2, 0.25) is 0 Å². The summed E-state index contributed by atoms with van der Waals surface area (Å²) in [5, 5.41) is 0. The lowest BCUT2D eigenvalue weighted by atomic mass is 10.5. The predicted molar refractivity (Wildman–Crippen MR) is 57.0 cm³/mol. The number of quaternary nitrogens is 1. The molecule has 0 aromatic rings. The Balaban J connectivity index is 3.58. The van der Waals surface area contributed by atoms with Crippen LogP contribution in [-0.2, 0) is 9.53 Å². The topological polar surface area (TPSA) is 26.3 Å². The Hall–Kier alpha value is -0.100. The Labute approximate surface area is 87.1 Å². The van der Waals surface area contributed by atoms with Crippen molar-refractivity contribution >= 4 is 28.6 Å². The molecule has 70 valence electrons. The van der Waals surface area contributed by atoms with E-state index in [9.17, 15) is 4.79 Å². The molecule has 0 atom stereocenters. The van der Waals surface area contributed by atoms with Crippen molar-refractivity contribution in [1.82, 2.24) is 0 Å². The maximum absolute atomic E-state index is 10.9. The minimum Gasteiger partial charge on any atom is -0.456 e. The van der Waals surface area contributed by atoms with Crippen molar-refractivity contribution in [2.45, 2.75) is 0 Å². The van der Waals surface area contributed by atoms with Gasteiger partial charge in [-0.3, -0.25) is 0 Å². The Bertz CT molecular complexity index is 184. The molecule has 0 bridgehead atoms. The quantitative estimate of drug-likeness (QED) is 0.335. The lowest BCUT2D eigenvalue weighted by Gasteiger charge is -2.23. The molecule has 0 rings (SSSR count).